The number of benzene rings is 1. The second kappa shape index (κ2) is 5.94. The minimum atomic E-state index is -0.180. The van der Waals surface area contributed by atoms with Gasteiger partial charge in [-0.05, 0) is 36.8 Å². The van der Waals surface area contributed by atoms with Crippen LogP contribution in [0, 0.1) is 6.92 Å². The lowest BCUT2D eigenvalue weighted by Crippen LogP contribution is -2.37. The molecule has 2 rings (SSSR count). The summed E-state index contributed by atoms with van der Waals surface area (Å²) in [6.07, 6.45) is 0. The minimum absolute atomic E-state index is 0.0549. The number of aromatic nitrogens is 1. The van der Waals surface area contributed by atoms with Gasteiger partial charge >= 0.3 is 0 Å². The summed E-state index contributed by atoms with van der Waals surface area (Å²) < 4.78 is 1.89. The van der Waals surface area contributed by atoms with Crippen molar-refractivity contribution in [1.29, 1.82) is 0 Å². The zero-order valence-electron chi connectivity index (χ0n) is 12.9. The maximum atomic E-state index is 12.3. The van der Waals surface area contributed by atoms with Crippen molar-refractivity contribution in [2.75, 3.05) is 6.54 Å². The molecule has 0 aliphatic rings. The van der Waals surface area contributed by atoms with Crippen LogP contribution in [-0.4, -0.2) is 17.0 Å². The number of carbonyl (C=O) groups excluding carboxylic acids is 1. The summed E-state index contributed by atoms with van der Waals surface area (Å²) in [4.78, 5) is 12.3. The molecule has 0 radical (unpaired) electrons. The Balaban J connectivity index is 2.08. The average Bonchev–Trinajstić information content (AvgIpc) is 2.77. The van der Waals surface area contributed by atoms with Crippen LogP contribution in [-0.2, 0) is 12.5 Å². The van der Waals surface area contributed by atoms with Gasteiger partial charge < -0.3 is 9.88 Å². The Morgan fingerprint density at radius 2 is 2.00 bits per heavy atom. The number of amides is 1. The van der Waals surface area contributed by atoms with E-state index in [-0.39, 0.29) is 11.3 Å². The Morgan fingerprint density at radius 1 is 1.29 bits per heavy atom. The first-order valence-corrected chi connectivity index (χ1v) is 7.35. The van der Waals surface area contributed by atoms with Crippen molar-refractivity contribution in [3.05, 3.63) is 58.4 Å². The van der Waals surface area contributed by atoms with Crippen LogP contribution in [0.2, 0.25) is 5.02 Å². The third-order valence-electron chi connectivity index (χ3n) is 3.90. The van der Waals surface area contributed by atoms with Gasteiger partial charge in [-0.15, -0.1) is 0 Å². The fourth-order valence-electron chi connectivity index (χ4n) is 2.24. The molecule has 0 spiro atoms. The Hall–Kier alpha value is -1.74. The number of aryl methyl sites for hydroxylation is 1. The largest absolute Gasteiger partial charge is 0.350 e. The van der Waals surface area contributed by atoms with Gasteiger partial charge in [-0.25, -0.2) is 0 Å². The lowest BCUT2D eigenvalue weighted by molar-refractivity contribution is 0.0937. The fraction of sp³-hybridized carbons (Fsp3) is 0.353. The van der Waals surface area contributed by atoms with Crippen LogP contribution in [0.15, 0.2) is 36.4 Å². The molecular formula is C17H21ClN2O. The monoisotopic (exact) mass is 304 g/mol. The van der Waals surface area contributed by atoms with Crippen LogP contribution in [0.4, 0.5) is 0 Å². The number of halogens is 1. The van der Waals surface area contributed by atoms with E-state index in [2.05, 4.69) is 19.2 Å². The van der Waals surface area contributed by atoms with Gasteiger partial charge in [0.25, 0.3) is 5.91 Å². The van der Waals surface area contributed by atoms with Crippen LogP contribution in [0.1, 0.15) is 35.6 Å². The van der Waals surface area contributed by atoms with Gasteiger partial charge in [0, 0.05) is 29.7 Å². The highest BCUT2D eigenvalue weighted by atomic mass is 35.5. The highest BCUT2D eigenvalue weighted by Gasteiger charge is 2.22. The molecule has 1 heterocycles. The summed E-state index contributed by atoms with van der Waals surface area (Å²) in [5.74, 6) is -0.0549. The Kier molecular flexibility index (Phi) is 4.43. The molecule has 1 N–H and O–H groups in total. The average molecular weight is 305 g/mol. The molecule has 1 aromatic carbocycles. The van der Waals surface area contributed by atoms with Gasteiger partial charge in [0.2, 0.25) is 0 Å². The number of nitrogens with one attached hydrogen (secondary N) is 1. The molecule has 0 saturated heterocycles. The second-order valence-corrected chi connectivity index (χ2v) is 6.43. The zero-order valence-corrected chi connectivity index (χ0v) is 13.7. The summed E-state index contributed by atoms with van der Waals surface area (Å²) in [5, 5.41) is 3.72. The first-order chi connectivity index (χ1) is 9.81. The van der Waals surface area contributed by atoms with E-state index in [1.54, 1.807) is 0 Å². The SMILES string of the molecule is Cc1ccc(C(=O)NCC(C)(C)c2cccc(Cl)c2)n1C. The van der Waals surface area contributed by atoms with Gasteiger partial charge in [-0.2, -0.15) is 0 Å². The van der Waals surface area contributed by atoms with E-state index in [1.807, 2.05) is 54.9 Å². The summed E-state index contributed by atoms with van der Waals surface area (Å²) in [5.41, 5.74) is 2.67. The summed E-state index contributed by atoms with van der Waals surface area (Å²) >= 11 is 6.04. The highest BCUT2D eigenvalue weighted by Crippen LogP contribution is 2.25. The summed E-state index contributed by atoms with van der Waals surface area (Å²) in [7, 11) is 1.90. The third kappa shape index (κ3) is 3.48. The third-order valence-corrected chi connectivity index (χ3v) is 4.14. The number of carbonyl (C=O) groups is 1. The first kappa shape index (κ1) is 15.6. The second-order valence-electron chi connectivity index (χ2n) is 6.00. The van der Waals surface area contributed by atoms with E-state index in [0.29, 0.717) is 17.3 Å². The fourth-order valence-corrected chi connectivity index (χ4v) is 2.43. The number of nitrogens with zero attached hydrogens (tertiary/aromatic N) is 1. The van der Waals surface area contributed by atoms with Gasteiger partial charge in [0.1, 0.15) is 5.69 Å². The normalized spacial score (nSPS) is 11.5. The molecule has 0 atom stereocenters. The van der Waals surface area contributed by atoms with Crippen LogP contribution in [0.5, 0.6) is 0 Å². The Labute approximate surface area is 130 Å². The van der Waals surface area contributed by atoms with Gasteiger partial charge in [0.05, 0.1) is 0 Å². The van der Waals surface area contributed by atoms with Crippen molar-refractivity contribution >= 4 is 17.5 Å². The predicted octanol–water partition coefficient (Wildman–Crippen LogP) is 3.69. The summed E-state index contributed by atoms with van der Waals surface area (Å²) in [6.45, 7) is 6.72. The van der Waals surface area contributed by atoms with Gasteiger partial charge in [-0.3, -0.25) is 4.79 Å². The minimum Gasteiger partial charge on any atom is -0.350 e. The molecule has 0 aliphatic heterocycles. The van der Waals surface area contributed by atoms with Crippen molar-refractivity contribution in [2.24, 2.45) is 7.05 Å². The molecule has 0 fully saturated rings. The molecule has 0 bridgehead atoms. The Morgan fingerprint density at radius 3 is 2.57 bits per heavy atom. The molecule has 21 heavy (non-hydrogen) atoms. The molecule has 2 aromatic rings. The van der Waals surface area contributed by atoms with E-state index in [1.165, 1.54) is 0 Å². The van der Waals surface area contributed by atoms with E-state index in [4.69, 9.17) is 11.6 Å². The molecule has 0 unspecified atom stereocenters. The van der Waals surface area contributed by atoms with Crippen molar-refractivity contribution in [3.63, 3.8) is 0 Å². The molecule has 0 aliphatic carbocycles. The molecule has 3 nitrogen and oxygen atoms in total. The lowest BCUT2D eigenvalue weighted by atomic mass is 9.84. The van der Waals surface area contributed by atoms with Crippen molar-refractivity contribution < 1.29 is 4.79 Å². The zero-order chi connectivity index (χ0) is 15.6. The quantitative estimate of drug-likeness (QED) is 0.918. The predicted molar refractivity (Wildman–Crippen MR) is 87.0 cm³/mol. The van der Waals surface area contributed by atoms with Crippen LogP contribution < -0.4 is 5.32 Å². The van der Waals surface area contributed by atoms with Crippen molar-refractivity contribution in [1.82, 2.24) is 9.88 Å². The van der Waals surface area contributed by atoms with Gasteiger partial charge in [0.15, 0.2) is 0 Å². The highest BCUT2D eigenvalue weighted by molar-refractivity contribution is 6.30. The standard InChI is InChI=1S/C17H21ClN2O/c1-12-8-9-15(20(12)4)16(21)19-11-17(2,3)13-6-5-7-14(18)10-13/h5-10H,11H2,1-4H3,(H,19,21). The maximum absolute atomic E-state index is 12.3. The lowest BCUT2D eigenvalue weighted by Gasteiger charge is -2.26. The van der Waals surface area contributed by atoms with Gasteiger partial charge in [-0.1, -0.05) is 37.6 Å². The molecule has 0 saturated carbocycles. The number of rotatable bonds is 4. The Bertz CT molecular complexity index is 659. The van der Waals surface area contributed by atoms with Crippen LogP contribution in [0.25, 0.3) is 0 Å². The van der Waals surface area contributed by atoms with E-state index < -0.39 is 0 Å². The summed E-state index contributed by atoms with van der Waals surface area (Å²) in [6, 6.07) is 11.5. The molecule has 112 valence electrons. The molecular weight excluding hydrogens is 284 g/mol. The van der Waals surface area contributed by atoms with Crippen LogP contribution in [0.3, 0.4) is 0 Å². The van der Waals surface area contributed by atoms with E-state index >= 15 is 0 Å². The molecule has 4 heteroatoms. The first-order valence-electron chi connectivity index (χ1n) is 6.98. The maximum Gasteiger partial charge on any atom is 0.267 e. The van der Waals surface area contributed by atoms with Crippen molar-refractivity contribution in [2.45, 2.75) is 26.2 Å². The number of hydrogen-bond donors (Lipinski definition) is 1. The molecule has 1 aromatic heterocycles. The van der Waals surface area contributed by atoms with E-state index in [9.17, 15) is 4.79 Å². The smallest absolute Gasteiger partial charge is 0.267 e. The topological polar surface area (TPSA) is 34.0 Å². The van der Waals surface area contributed by atoms with Crippen LogP contribution >= 0.6 is 11.6 Å². The molecule has 1 amide bonds. The van der Waals surface area contributed by atoms with E-state index in [0.717, 1.165) is 11.3 Å². The number of hydrogen-bond acceptors (Lipinski definition) is 1. The van der Waals surface area contributed by atoms with Crippen molar-refractivity contribution in [3.8, 4) is 0 Å².